The summed E-state index contributed by atoms with van der Waals surface area (Å²) in [4.78, 5) is 49.1. The molecule has 4 heterocycles. The first-order valence-corrected chi connectivity index (χ1v) is 14.8. The van der Waals surface area contributed by atoms with E-state index in [0.717, 1.165) is 5.56 Å². The Bertz CT molecular complexity index is 2040. The first kappa shape index (κ1) is 30.0. The van der Waals surface area contributed by atoms with Gasteiger partial charge in [0.2, 0.25) is 0 Å². The number of hydrogen-bond donors (Lipinski definition) is 3. The number of amides is 2. The van der Waals surface area contributed by atoms with Gasteiger partial charge in [0.25, 0.3) is 5.56 Å². The average molecular weight is 615 g/mol. The SMILES string of the molecule is CC(C)(C)OC(=O)Nc1c(-c2ccc(F)c3[nH]ncc23)c2cc(C3CCN(C(=O)OC(C)(C)C)C3)c3ncccc3c2[nH]c1=O. The van der Waals surface area contributed by atoms with E-state index in [1.807, 2.05) is 32.9 Å². The third kappa shape index (κ3) is 5.79. The minimum atomic E-state index is -0.820. The van der Waals surface area contributed by atoms with Gasteiger partial charge in [0, 0.05) is 46.9 Å². The molecule has 45 heavy (non-hydrogen) atoms. The van der Waals surface area contributed by atoms with Crippen molar-refractivity contribution in [3.8, 4) is 11.1 Å². The zero-order chi connectivity index (χ0) is 32.3. The molecule has 3 N–H and O–H groups in total. The van der Waals surface area contributed by atoms with Crippen LogP contribution in [0.25, 0.3) is 43.8 Å². The average Bonchev–Trinajstić information content (AvgIpc) is 3.63. The zero-order valence-electron chi connectivity index (χ0n) is 26.0. The molecule has 1 fully saturated rings. The standard InChI is InChI=1S/C33H35FN6O5/c1-32(2,3)44-30(42)38-28-24(18-9-10-23(34)27-22(18)15-36-39-27)21-14-20(17-11-13-40(16-17)31(43)45-33(4,5)6)25-19(8-7-12-35-25)26(21)37-29(28)41/h7-10,12,14-15,17H,11,13,16H2,1-6H3,(H,36,39)(H,37,41)(H,38,42). The second-order valence-corrected chi connectivity index (χ2v) is 13.3. The monoisotopic (exact) mass is 614 g/mol. The van der Waals surface area contributed by atoms with Gasteiger partial charge in [0.1, 0.15) is 28.2 Å². The van der Waals surface area contributed by atoms with Crippen LogP contribution in [0.1, 0.15) is 59.4 Å². The van der Waals surface area contributed by atoms with E-state index in [1.165, 1.54) is 12.3 Å². The van der Waals surface area contributed by atoms with Crippen LogP contribution in [0.15, 0.2) is 47.5 Å². The van der Waals surface area contributed by atoms with Crippen LogP contribution in [0.4, 0.5) is 19.7 Å². The summed E-state index contributed by atoms with van der Waals surface area (Å²) in [5.74, 6) is -0.603. The number of ether oxygens (including phenoxy) is 2. The Labute approximate surface area is 258 Å². The number of H-pyrrole nitrogens is 2. The first-order valence-electron chi connectivity index (χ1n) is 14.8. The molecular formula is C33H35FN6O5. The minimum absolute atomic E-state index is 0.0538. The van der Waals surface area contributed by atoms with Crippen molar-refractivity contribution < 1.29 is 23.5 Å². The molecule has 0 bridgehead atoms. The Morgan fingerprint density at radius 3 is 2.51 bits per heavy atom. The molecule has 11 nitrogen and oxygen atoms in total. The second kappa shape index (κ2) is 10.9. The van der Waals surface area contributed by atoms with E-state index in [4.69, 9.17) is 14.5 Å². The molecule has 2 amide bonds. The Morgan fingerprint density at radius 1 is 1.02 bits per heavy atom. The topological polar surface area (TPSA) is 142 Å². The van der Waals surface area contributed by atoms with Crippen LogP contribution in [0.2, 0.25) is 0 Å². The van der Waals surface area contributed by atoms with E-state index < -0.39 is 28.7 Å². The van der Waals surface area contributed by atoms with Gasteiger partial charge in [0.15, 0.2) is 0 Å². The molecule has 5 aromatic rings. The molecule has 12 heteroatoms. The molecule has 0 radical (unpaired) electrons. The van der Waals surface area contributed by atoms with Gasteiger partial charge >= 0.3 is 12.2 Å². The number of nitrogens with zero attached hydrogens (tertiary/aromatic N) is 3. The fraction of sp³-hybridized carbons (Fsp3) is 0.364. The third-order valence-corrected chi connectivity index (χ3v) is 7.64. The molecule has 1 atom stereocenters. The Balaban J connectivity index is 1.60. The van der Waals surface area contributed by atoms with Gasteiger partial charge in [0.05, 0.1) is 17.2 Å². The summed E-state index contributed by atoms with van der Waals surface area (Å²) in [5.41, 5.74) is 1.00. The number of likely N-dealkylation sites (tertiary alicyclic amines) is 1. The highest BCUT2D eigenvalue weighted by Crippen LogP contribution is 2.42. The second-order valence-electron chi connectivity index (χ2n) is 13.3. The van der Waals surface area contributed by atoms with E-state index in [-0.39, 0.29) is 23.2 Å². The molecule has 1 unspecified atom stereocenters. The van der Waals surface area contributed by atoms with Crippen molar-refractivity contribution in [1.82, 2.24) is 25.1 Å². The summed E-state index contributed by atoms with van der Waals surface area (Å²) in [7, 11) is 0. The normalized spacial score (nSPS) is 15.6. The number of carbonyl (C=O) groups excluding carboxylic acids is 2. The smallest absolute Gasteiger partial charge is 0.412 e. The third-order valence-electron chi connectivity index (χ3n) is 7.64. The van der Waals surface area contributed by atoms with Crippen LogP contribution in [-0.4, -0.2) is 61.5 Å². The lowest BCUT2D eigenvalue weighted by Crippen LogP contribution is -2.35. The minimum Gasteiger partial charge on any atom is -0.444 e. The molecule has 3 aromatic heterocycles. The zero-order valence-corrected chi connectivity index (χ0v) is 26.0. The Morgan fingerprint density at radius 2 is 1.78 bits per heavy atom. The predicted octanol–water partition coefficient (Wildman–Crippen LogP) is 6.83. The summed E-state index contributed by atoms with van der Waals surface area (Å²) < 4.78 is 25.9. The van der Waals surface area contributed by atoms with Crippen molar-refractivity contribution in [3.05, 3.63) is 64.5 Å². The quantitative estimate of drug-likeness (QED) is 0.189. The number of nitrogens with one attached hydrogen (secondary N) is 3. The molecule has 6 rings (SSSR count). The van der Waals surface area contributed by atoms with E-state index in [9.17, 15) is 18.8 Å². The van der Waals surface area contributed by atoms with Crippen molar-refractivity contribution >= 4 is 50.6 Å². The number of fused-ring (bicyclic) bond motifs is 4. The van der Waals surface area contributed by atoms with Crippen molar-refractivity contribution in [2.75, 3.05) is 18.4 Å². The van der Waals surface area contributed by atoms with Crippen molar-refractivity contribution in [2.45, 2.75) is 65.1 Å². The molecule has 1 aliphatic rings. The lowest BCUT2D eigenvalue weighted by Gasteiger charge is -2.24. The molecule has 0 aliphatic carbocycles. The summed E-state index contributed by atoms with van der Waals surface area (Å²) in [5, 5.41) is 11.1. The number of aromatic amines is 2. The molecule has 0 saturated carbocycles. The molecule has 1 aliphatic heterocycles. The van der Waals surface area contributed by atoms with Gasteiger partial charge in [-0.25, -0.2) is 14.0 Å². The van der Waals surface area contributed by atoms with E-state index in [0.29, 0.717) is 57.8 Å². The van der Waals surface area contributed by atoms with Crippen LogP contribution in [0.5, 0.6) is 0 Å². The number of halogens is 1. The van der Waals surface area contributed by atoms with Crippen LogP contribution < -0.4 is 10.9 Å². The number of carbonyl (C=O) groups is 2. The fourth-order valence-corrected chi connectivity index (χ4v) is 5.88. The first-order chi connectivity index (χ1) is 21.2. The number of anilines is 1. The number of rotatable bonds is 3. The maximum atomic E-state index is 14.8. The van der Waals surface area contributed by atoms with Crippen LogP contribution >= 0.6 is 0 Å². The molecule has 0 spiro atoms. The van der Waals surface area contributed by atoms with Crippen molar-refractivity contribution in [3.63, 3.8) is 0 Å². The van der Waals surface area contributed by atoms with Gasteiger partial charge in [-0.15, -0.1) is 0 Å². The number of pyridine rings is 2. The molecule has 234 valence electrons. The van der Waals surface area contributed by atoms with E-state index in [1.54, 1.807) is 44.0 Å². The van der Waals surface area contributed by atoms with Gasteiger partial charge in [-0.05, 0) is 83.4 Å². The Kier molecular flexibility index (Phi) is 7.25. The number of aromatic nitrogens is 4. The summed E-state index contributed by atoms with van der Waals surface area (Å²) in [6.07, 6.45) is 2.64. The van der Waals surface area contributed by atoms with Gasteiger partial charge < -0.3 is 19.4 Å². The maximum Gasteiger partial charge on any atom is 0.412 e. The molecule has 1 saturated heterocycles. The Hall–Kier alpha value is -5.00. The van der Waals surface area contributed by atoms with Crippen LogP contribution in [0.3, 0.4) is 0 Å². The molecule has 2 aromatic carbocycles. The summed E-state index contributed by atoms with van der Waals surface area (Å²) >= 11 is 0. The summed E-state index contributed by atoms with van der Waals surface area (Å²) in [6.45, 7) is 11.6. The van der Waals surface area contributed by atoms with E-state index >= 15 is 0 Å². The van der Waals surface area contributed by atoms with E-state index in [2.05, 4.69) is 20.5 Å². The highest BCUT2D eigenvalue weighted by molar-refractivity contribution is 6.16. The van der Waals surface area contributed by atoms with Gasteiger partial charge in [-0.2, -0.15) is 5.10 Å². The maximum absolute atomic E-state index is 14.8. The van der Waals surface area contributed by atoms with Gasteiger partial charge in [-0.1, -0.05) is 6.07 Å². The lowest BCUT2D eigenvalue weighted by molar-refractivity contribution is 0.0292. The highest BCUT2D eigenvalue weighted by atomic mass is 19.1. The fourth-order valence-electron chi connectivity index (χ4n) is 5.88. The largest absolute Gasteiger partial charge is 0.444 e. The lowest BCUT2D eigenvalue weighted by atomic mass is 9.89. The highest BCUT2D eigenvalue weighted by Gasteiger charge is 2.33. The van der Waals surface area contributed by atoms with Crippen molar-refractivity contribution in [2.24, 2.45) is 0 Å². The molecular weight excluding hydrogens is 579 g/mol. The van der Waals surface area contributed by atoms with Crippen LogP contribution in [-0.2, 0) is 9.47 Å². The number of benzene rings is 2. The van der Waals surface area contributed by atoms with Crippen LogP contribution in [0, 0.1) is 5.82 Å². The van der Waals surface area contributed by atoms with Crippen molar-refractivity contribution in [1.29, 1.82) is 0 Å². The predicted molar refractivity (Wildman–Crippen MR) is 170 cm³/mol. The number of hydrogen-bond acceptors (Lipinski definition) is 7. The summed E-state index contributed by atoms with van der Waals surface area (Å²) in [6, 6.07) is 8.44. The van der Waals surface area contributed by atoms with Gasteiger partial charge in [-0.3, -0.25) is 20.2 Å².